The van der Waals surface area contributed by atoms with Gasteiger partial charge in [0, 0.05) is 33.1 Å². The molecule has 2 rings (SSSR count). The summed E-state index contributed by atoms with van der Waals surface area (Å²) in [5.41, 5.74) is 5.47. The summed E-state index contributed by atoms with van der Waals surface area (Å²) in [7, 11) is -3.75. The first-order valence-corrected chi connectivity index (χ1v) is 7.57. The fraction of sp³-hybridized carbons (Fsp3) is 0.417. The smallest absolute Gasteiger partial charge is 0.245 e. The molecule has 1 heterocycles. The first-order chi connectivity index (χ1) is 9.32. The van der Waals surface area contributed by atoms with Gasteiger partial charge in [0.05, 0.1) is 5.69 Å². The van der Waals surface area contributed by atoms with Crippen LogP contribution < -0.4 is 5.73 Å². The molecule has 1 aromatic carbocycles. The Kier molecular flexibility index (Phi) is 3.96. The number of sulfonamides is 1. The molecule has 1 saturated heterocycles. The summed E-state index contributed by atoms with van der Waals surface area (Å²) in [6.07, 6.45) is 0. The van der Waals surface area contributed by atoms with Crippen molar-refractivity contribution >= 4 is 21.6 Å². The van der Waals surface area contributed by atoms with Crippen molar-refractivity contribution in [2.24, 2.45) is 0 Å². The van der Waals surface area contributed by atoms with E-state index in [1.165, 1.54) is 11.2 Å². The second kappa shape index (κ2) is 5.37. The van der Waals surface area contributed by atoms with Gasteiger partial charge in [0.2, 0.25) is 15.9 Å². The number of nitrogen functional groups attached to an aromatic ring is 1. The van der Waals surface area contributed by atoms with Crippen LogP contribution in [0, 0.1) is 5.82 Å². The van der Waals surface area contributed by atoms with Crippen LogP contribution in [0.25, 0.3) is 0 Å². The van der Waals surface area contributed by atoms with Gasteiger partial charge in [0.25, 0.3) is 0 Å². The van der Waals surface area contributed by atoms with E-state index in [1.807, 2.05) is 0 Å². The highest BCUT2D eigenvalue weighted by atomic mass is 32.2. The zero-order valence-corrected chi connectivity index (χ0v) is 11.9. The topological polar surface area (TPSA) is 83.7 Å². The highest BCUT2D eigenvalue weighted by Crippen LogP contribution is 2.24. The van der Waals surface area contributed by atoms with E-state index in [9.17, 15) is 17.6 Å². The number of hydrogen-bond donors (Lipinski definition) is 1. The Morgan fingerprint density at radius 1 is 1.25 bits per heavy atom. The molecule has 6 nitrogen and oxygen atoms in total. The number of piperazine rings is 1. The Labute approximate surface area is 117 Å². The van der Waals surface area contributed by atoms with Crippen LogP contribution in [-0.2, 0) is 14.8 Å². The van der Waals surface area contributed by atoms with E-state index in [0.717, 1.165) is 18.2 Å². The second-order valence-corrected chi connectivity index (χ2v) is 6.50. The second-order valence-electron chi connectivity index (χ2n) is 4.59. The van der Waals surface area contributed by atoms with Gasteiger partial charge in [-0.1, -0.05) is 0 Å². The van der Waals surface area contributed by atoms with Gasteiger partial charge in [0.15, 0.2) is 0 Å². The fourth-order valence-corrected chi connectivity index (χ4v) is 3.66. The summed E-state index contributed by atoms with van der Waals surface area (Å²) in [6.45, 7) is 2.55. The Morgan fingerprint density at radius 2 is 1.85 bits per heavy atom. The highest BCUT2D eigenvalue weighted by Gasteiger charge is 2.30. The van der Waals surface area contributed by atoms with E-state index in [-0.39, 0.29) is 29.6 Å². The molecular weight excluding hydrogens is 285 g/mol. The van der Waals surface area contributed by atoms with Crippen LogP contribution in [-0.4, -0.2) is 49.7 Å². The quantitative estimate of drug-likeness (QED) is 0.794. The lowest BCUT2D eigenvalue weighted by molar-refractivity contribution is -0.129. The number of carbonyl (C=O) groups excluding carboxylic acids is 1. The van der Waals surface area contributed by atoms with Gasteiger partial charge in [-0.05, 0) is 18.2 Å². The van der Waals surface area contributed by atoms with Crippen molar-refractivity contribution in [1.29, 1.82) is 0 Å². The van der Waals surface area contributed by atoms with Gasteiger partial charge in [-0.25, -0.2) is 12.8 Å². The Bertz CT molecular complexity index is 625. The maximum Gasteiger partial charge on any atom is 0.245 e. The number of carbonyl (C=O) groups is 1. The lowest BCUT2D eigenvalue weighted by Gasteiger charge is -2.33. The van der Waals surface area contributed by atoms with Gasteiger partial charge < -0.3 is 10.6 Å². The molecule has 1 aliphatic heterocycles. The van der Waals surface area contributed by atoms with Crippen LogP contribution >= 0.6 is 0 Å². The van der Waals surface area contributed by atoms with Crippen LogP contribution in [0.2, 0.25) is 0 Å². The predicted octanol–water partition coefficient (Wildman–Crippen LogP) is 0.261. The van der Waals surface area contributed by atoms with E-state index in [4.69, 9.17) is 5.73 Å². The van der Waals surface area contributed by atoms with Crippen molar-refractivity contribution in [1.82, 2.24) is 9.21 Å². The SMILES string of the molecule is CC(=O)N1CCN(S(=O)(=O)c2ccc(F)cc2N)CC1. The zero-order chi connectivity index (χ0) is 14.9. The van der Waals surface area contributed by atoms with Crippen molar-refractivity contribution < 1.29 is 17.6 Å². The molecule has 1 amide bonds. The summed E-state index contributed by atoms with van der Waals surface area (Å²) in [4.78, 5) is 12.7. The lowest BCUT2D eigenvalue weighted by Crippen LogP contribution is -2.50. The number of amides is 1. The monoisotopic (exact) mass is 301 g/mol. The van der Waals surface area contributed by atoms with Crippen LogP contribution in [0.3, 0.4) is 0 Å². The molecule has 0 bridgehead atoms. The third-order valence-corrected chi connectivity index (χ3v) is 5.25. The molecule has 2 N–H and O–H groups in total. The molecule has 0 aliphatic carbocycles. The maximum atomic E-state index is 13.0. The molecule has 1 fully saturated rings. The van der Waals surface area contributed by atoms with Crippen molar-refractivity contribution in [2.75, 3.05) is 31.9 Å². The van der Waals surface area contributed by atoms with E-state index in [1.54, 1.807) is 4.90 Å². The zero-order valence-electron chi connectivity index (χ0n) is 11.0. The van der Waals surface area contributed by atoms with Gasteiger partial charge in [-0.2, -0.15) is 4.31 Å². The van der Waals surface area contributed by atoms with Crippen LogP contribution in [0.1, 0.15) is 6.92 Å². The number of benzene rings is 1. The summed E-state index contributed by atoms with van der Waals surface area (Å²) in [5, 5.41) is 0. The van der Waals surface area contributed by atoms with Gasteiger partial charge in [-0.3, -0.25) is 4.79 Å². The fourth-order valence-electron chi connectivity index (χ4n) is 2.14. The van der Waals surface area contributed by atoms with E-state index < -0.39 is 15.8 Å². The van der Waals surface area contributed by atoms with Crippen LogP contribution in [0.4, 0.5) is 10.1 Å². The average molecular weight is 301 g/mol. The average Bonchev–Trinajstić information content (AvgIpc) is 2.38. The first kappa shape index (κ1) is 14.7. The number of hydrogen-bond acceptors (Lipinski definition) is 4. The number of halogens is 1. The molecular formula is C12H16FN3O3S. The molecule has 0 radical (unpaired) electrons. The van der Waals surface area contributed by atoms with E-state index in [2.05, 4.69) is 0 Å². The van der Waals surface area contributed by atoms with Crippen molar-refractivity contribution in [3.05, 3.63) is 24.0 Å². The number of nitrogens with two attached hydrogens (primary N) is 1. The molecule has 20 heavy (non-hydrogen) atoms. The van der Waals surface area contributed by atoms with Crippen molar-refractivity contribution in [3.63, 3.8) is 0 Å². The summed E-state index contributed by atoms with van der Waals surface area (Å²) < 4.78 is 39.1. The van der Waals surface area contributed by atoms with Gasteiger partial charge >= 0.3 is 0 Å². The normalized spacial score (nSPS) is 17.2. The predicted molar refractivity (Wildman–Crippen MR) is 71.8 cm³/mol. The minimum absolute atomic E-state index is 0.0802. The Hall–Kier alpha value is -1.67. The molecule has 1 aromatic rings. The standard InChI is InChI=1S/C12H16FN3O3S/c1-9(17)15-4-6-16(7-5-15)20(18,19)12-3-2-10(13)8-11(12)14/h2-3,8H,4-7,14H2,1H3. The molecule has 0 spiro atoms. The molecule has 0 aromatic heterocycles. The molecule has 0 atom stereocenters. The minimum atomic E-state index is -3.75. The summed E-state index contributed by atoms with van der Waals surface area (Å²) in [5.74, 6) is -0.661. The summed E-state index contributed by atoms with van der Waals surface area (Å²) in [6, 6.07) is 3.21. The largest absolute Gasteiger partial charge is 0.398 e. The van der Waals surface area contributed by atoms with E-state index in [0.29, 0.717) is 13.1 Å². The molecule has 110 valence electrons. The van der Waals surface area contributed by atoms with Gasteiger partial charge in [0.1, 0.15) is 10.7 Å². The molecule has 1 aliphatic rings. The lowest BCUT2D eigenvalue weighted by atomic mass is 10.3. The third kappa shape index (κ3) is 2.75. The Morgan fingerprint density at radius 3 is 2.35 bits per heavy atom. The van der Waals surface area contributed by atoms with Crippen molar-refractivity contribution in [3.8, 4) is 0 Å². The first-order valence-electron chi connectivity index (χ1n) is 6.13. The number of nitrogens with zero attached hydrogens (tertiary/aromatic N) is 2. The minimum Gasteiger partial charge on any atom is -0.398 e. The van der Waals surface area contributed by atoms with Crippen molar-refractivity contribution in [2.45, 2.75) is 11.8 Å². The molecule has 0 unspecified atom stereocenters. The van der Waals surface area contributed by atoms with Crippen LogP contribution in [0.5, 0.6) is 0 Å². The summed E-state index contributed by atoms with van der Waals surface area (Å²) >= 11 is 0. The Balaban J connectivity index is 2.22. The number of anilines is 1. The third-order valence-electron chi connectivity index (χ3n) is 3.27. The number of rotatable bonds is 2. The highest BCUT2D eigenvalue weighted by molar-refractivity contribution is 7.89. The molecule has 0 saturated carbocycles. The van der Waals surface area contributed by atoms with Crippen LogP contribution in [0.15, 0.2) is 23.1 Å². The maximum absolute atomic E-state index is 13.0. The molecule has 8 heteroatoms. The van der Waals surface area contributed by atoms with E-state index >= 15 is 0 Å². The van der Waals surface area contributed by atoms with Gasteiger partial charge in [-0.15, -0.1) is 0 Å².